The van der Waals surface area contributed by atoms with Crippen LogP contribution in [0.4, 0.5) is 5.69 Å². The number of rotatable bonds is 3. The molecule has 1 aliphatic heterocycles. The summed E-state index contributed by atoms with van der Waals surface area (Å²) in [5, 5.41) is 12.8. The highest BCUT2D eigenvalue weighted by Crippen LogP contribution is 2.19. The lowest BCUT2D eigenvalue weighted by Crippen LogP contribution is -2.37. The molecule has 1 atom stereocenters. The average Bonchev–Trinajstić information content (AvgIpc) is 3.01. The average molecular weight is 371 g/mol. The van der Waals surface area contributed by atoms with Crippen molar-refractivity contribution in [3.05, 3.63) is 46.4 Å². The van der Waals surface area contributed by atoms with Crippen LogP contribution < -0.4 is 11.3 Å². The summed E-state index contributed by atoms with van der Waals surface area (Å²) in [6, 6.07) is 8.24. The van der Waals surface area contributed by atoms with Gasteiger partial charge in [-0.15, -0.1) is 5.11 Å². The van der Waals surface area contributed by atoms with Crippen molar-refractivity contribution >= 4 is 34.6 Å². The SMILES string of the molecule is CC1=NN(C(N)=S)C(=O)C1N=Nc1c(C)n(C)n(-c2ccccc2)c1=O. The maximum absolute atomic E-state index is 12.8. The Kier molecular flexibility index (Phi) is 4.51. The van der Waals surface area contributed by atoms with Gasteiger partial charge in [-0.3, -0.25) is 14.3 Å². The van der Waals surface area contributed by atoms with E-state index < -0.39 is 11.9 Å². The lowest BCUT2D eigenvalue weighted by atomic mass is 10.2. The summed E-state index contributed by atoms with van der Waals surface area (Å²) in [7, 11) is 1.75. The fraction of sp³-hybridized carbons (Fsp3) is 0.250. The molecule has 0 spiro atoms. The third kappa shape index (κ3) is 2.84. The van der Waals surface area contributed by atoms with Gasteiger partial charge in [-0.1, -0.05) is 18.2 Å². The molecular formula is C16H17N7O2S. The van der Waals surface area contributed by atoms with E-state index in [2.05, 4.69) is 15.3 Å². The van der Waals surface area contributed by atoms with Crippen LogP contribution in [0, 0.1) is 6.92 Å². The molecule has 1 unspecified atom stereocenters. The van der Waals surface area contributed by atoms with Gasteiger partial charge in [0.2, 0.25) is 0 Å². The zero-order valence-electron chi connectivity index (χ0n) is 14.4. The Hall–Kier alpha value is -3.14. The molecule has 1 aromatic heterocycles. The first-order valence-electron chi connectivity index (χ1n) is 7.76. The Labute approximate surface area is 154 Å². The van der Waals surface area contributed by atoms with Crippen LogP contribution in [0.1, 0.15) is 12.6 Å². The molecule has 0 saturated heterocycles. The molecule has 0 radical (unpaired) electrons. The van der Waals surface area contributed by atoms with Gasteiger partial charge >= 0.3 is 0 Å². The standard InChI is InChI=1S/C16H17N7O2S/c1-9-12(14(24)22(20-9)16(17)26)18-19-13-10(2)21(3)23(15(13)25)11-7-5-4-6-8-11/h4-8,12H,1-3H3,(H2,17,26). The molecule has 2 aromatic rings. The van der Waals surface area contributed by atoms with Gasteiger partial charge in [0.25, 0.3) is 11.5 Å². The Balaban J connectivity index is 1.99. The van der Waals surface area contributed by atoms with E-state index in [1.54, 1.807) is 25.6 Å². The molecule has 26 heavy (non-hydrogen) atoms. The number of aromatic nitrogens is 2. The monoisotopic (exact) mass is 371 g/mol. The summed E-state index contributed by atoms with van der Waals surface area (Å²) >= 11 is 4.78. The minimum Gasteiger partial charge on any atom is -0.374 e. The lowest BCUT2D eigenvalue weighted by Gasteiger charge is -2.08. The number of carbonyl (C=O) groups is 1. The summed E-state index contributed by atoms with van der Waals surface area (Å²) < 4.78 is 3.17. The van der Waals surface area contributed by atoms with Gasteiger partial charge in [0.1, 0.15) is 0 Å². The number of azo groups is 1. The van der Waals surface area contributed by atoms with Crippen molar-refractivity contribution < 1.29 is 4.79 Å². The van der Waals surface area contributed by atoms with Crippen LogP contribution in [0.5, 0.6) is 0 Å². The second kappa shape index (κ2) is 6.64. The van der Waals surface area contributed by atoms with Gasteiger partial charge in [-0.25, -0.2) is 4.68 Å². The molecule has 10 heteroatoms. The number of benzene rings is 1. The van der Waals surface area contributed by atoms with E-state index in [1.165, 1.54) is 4.68 Å². The number of nitrogens with zero attached hydrogens (tertiary/aromatic N) is 6. The van der Waals surface area contributed by atoms with Gasteiger partial charge < -0.3 is 5.73 Å². The van der Waals surface area contributed by atoms with Crippen LogP contribution in [0.2, 0.25) is 0 Å². The van der Waals surface area contributed by atoms with Crippen molar-refractivity contribution in [2.24, 2.45) is 28.1 Å². The molecule has 1 aromatic carbocycles. The van der Waals surface area contributed by atoms with Crippen molar-refractivity contribution in [2.75, 3.05) is 0 Å². The van der Waals surface area contributed by atoms with E-state index >= 15 is 0 Å². The molecule has 2 N–H and O–H groups in total. The quantitative estimate of drug-likeness (QED) is 0.649. The Morgan fingerprint density at radius 3 is 2.46 bits per heavy atom. The topological polar surface area (TPSA) is 110 Å². The zero-order chi connectivity index (χ0) is 19.0. The van der Waals surface area contributed by atoms with E-state index in [4.69, 9.17) is 18.0 Å². The second-order valence-electron chi connectivity index (χ2n) is 5.76. The van der Waals surface area contributed by atoms with E-state index in [0.29, 0.717) is 17.1 Å². The second-order valence-corrected chi connectivity index (χ2v) is 6.18. The minimum atomic E-state index is -0.944. The number of amides is 1. The summed E-state index contributed by atoms with van der Waals surface area (Å²) in [4.78, 5) is 25.0. The first kappa shape index (κ1) is 17.7. The molecule has 9 nitrogen and oxygen atoms in total. The molecule has 2 heterocycles. The van der Waals surface area contributed by atoms with Crippen LogP contribution in [0.15, 0.2) is 50.5 Å². The van der Waals surface area contributed by atoms with Crippen molar-refractivity contribution in [1.82, 2.24) is 14.4 Å². The molecule has 0 aliphatic carbocycles. The van der Waals surface area contributed by atoms with E-state index in [-0.39, 0.29) is 16.4 Å². The molecule has 0 saturated carbocycles. The van der Waals surface area contributed by atoms with Crippen LogP contribution in [0.3, 0.4) is 0 Å². The smallest absolute Gasteiger partial charge is 0.299 e. The van der Waals surface area contributed by atoms with Crippen molar-refractivity contribution in [3.8, 4) is 5.69 Å². The van der Waals surface area contributed by atoms with E-state index in [0.717, 1.165) is 5.01 Å². The minimum absolute atomic E-state index is 0.158. The maximum Gasteiger partial charge on any atom is 0.299 e. The van der Waals surface area contributed by atoms with Gasteiger partial charge in [0, 0.05) is 7.05 Å². The highest BCUT2D eigenvalue weighted by molar-refractivity contribution is 7.80. The summed E-state index contributed by atoms with van der Waals surface area (Å²) in [6.07, 6.45) is 0. The fourth-order valence-electron chi connectivity index (χ4n) is 2.63. The fourth-order valence-corrected chi connectivity index (χ4v) is 2.76. The highest BCUT2D eigenvalue weighted by Gasteiger charge is 2.35. The number of para-hydroxylation sites is 1. The summed E-state index contributed by atoms with van der Waals surface area (Å²) in [5.74, 6) is -0.490. The summed E-state index contributed by atoms with van der Waals surface area (Å²) in [5.41, 5.74) is 7.02. The zero-order valence-corrected chi connectivity index (χ0v) is 15.3. The molecule has 3 rings (SSSR count). The largest absolute Gasteiger partial charge is 0.374 e. The molecule has 1 amide bonds. The first-order chi connectivity index (χ1) is 12.3. The first-order valence-corrected chi connectivity index (χ1v) is 8.17. The van der Waals surface area contributed by atoms with E-state index in [1.807, 2.05) is 30.3 Å². The predicted octanol–water partition coefficient (Wildman–Crippen LogP) is 1.40. The predicted molar refractivity (Wildman–Crippen MR) is 101 cm³/mol. The molecule has 134 valence electrons. The number of thiocarbonyl (C=S) groups is 1. The van der Waals surface area contributed by atoms with Gasteiger partial charge in [-0.2, -0.15) is 15.2 Å². The Morgan fingerprint density at radius 2 is 1.88 bits per heavy atom. The number of hydrazone groups is 1. The normalized spacial score (nSPS) is 17.2. The molecule has 0 fully saturated rings. The van der Waals surface area contributed by atoms with Gasteiger partial charge in [0.05, 0.1) is 17.1 Å². The van der Waals surface area contributed by atoms with Crippen molar-refractivity contribution in [1.29, 1.82) is 0 Å². The van der Waals surface area contributed by atoms with E-state index in [9.17, 15) is 9.59 Å². The number of nitrogens with two attached hydrogens (primary N) is 1. The molecular weight excluding hydrogens is 354 g/mol. The van der Waals surface area contributed by atoms with Crippen molar-refractivity contribution in [3.63, 3.8) is 0 Å². The van der Waals surface area contributed by atoms with Gasteiger partial charge in [0.15, 0.2) is 16.8 Å². The summed E-state index contributed by atoms with van der Waals surface area (Å²) in [6.45, 7) is 3.38. The van der Waals surface area contributed by atoms with Crippen LogP contribution in [-0.2, 0) is 11.8 Å². The van der Waals surface area contributed by atoms with Crippen LogP contribution >= 0.6 is 12.2 Å². The Bertz CT molecular complexity index is 1000. The molecule has 1 aliphatic rings. The number of hydrogen-bond donors (Lipinski definition) is 1. The number of hydrogen-bond acceptors (Lipinski definition) is 6. The number of carbonyl (C=O) groups excluding carboxylic acids is 1. The van der Waals surface area contributed by atoms with Crippen LogP contribution in [0.25, 0.3) is 5.69 Å². The van der Waals surface area contributed by atoms with Gasteiger partial charge in [-0.05, 0) is 38.2 Å². The third-order valence-corrected chi connectivity index (χ3v) is 4.27. The maximum atomic E-state index is 12.8. The van der Waals surface area contributed by atoms with Crippen molar-refractivity contribution in [2.45, 2.75) is 19.9 Å². The highest BCUT2D eigenvalue weighted by atomic mass is 32.1. The third-order valence-electron chi connectivity index (χ3n) is 4.10. The molecule has 0 bridgehead atoms. The van der Waals surface area contributed by atoms with Crippen LogP contribution in [-0.4, -0.2) is 37.1 Å². The lowest BCUT2D eigenvalue weighted by molar-refractivity contribution is -0.126. The Morgan fingerprint density at radius 1 is 1.23 bits per heavy atom.